The van der Waals surface area contributed by atoms with Crippen molar-refractivity contribution in [3.8, 4) is 5.75 Å². The van der Waals surface area contributed by atoms with Gasteiger partial charge in [0.1, 0.15) is 5.75 Å². The SMILES string of the molecule is CNc1ccc2c(c1)COCO2. The van der Waals surface area contributed by atoms with Gasteiger partial charge in [-0.2, -0.15) is 0 Å². The van der Waals surface area contributed by atoms with Crippen molar-refractivity contribution in [3.05, 3.63) is 23.8 Å². The fourth-order valence-corrected chi connectivity index (χ4v) is 1.25. The zero-order valence-electron chi connectivity index (χ0n) is 6.96. The molecule has 1 aromatic rings. The third kappa shape index (κ3) is 1.23. The first-order chi connectivity index (χ1) is 5.90. The van der Waals surface area contributed by atoms with Crippen molar-refractivity contribution in [2.45, 2.75) is 6.61 Å². The standard InChI is InChI=1S/C9H11NO2/c1-10-8-2-3-9-7(4-8)5-11-6-12-9/h2-4,10H,5-6H2,1H3. The average Bonchev–Trinajstić information content (AvgIpc) is 2.17. The second-order valence-electron chi connectivity index (χ2n) is 2.68. The van der Waals surface area contributed by atoms with E-state index in [0.29, 0.717) is 13.4 Å². The van der Waals surface area contributed by atoms with Crippen molar-refractivity contribution in [3.63, 3.8) is 0 Å². The van der Waals surface area contributed by atoms with Gasteiger partial charge in [0.05, 0.1) is 6.61 Å². The maximum absolute atomic E-state index is 5.27. The summed E-state index contributed by atoms with van der Waals surface area (Å²) in [5.74, 6) is 0.931. The summed E-state index contributed by atoms with van der Waals surface area (Å²) in [5.41, 5.74) is 2.19. The van der Waals surface area contributed by atoms with E-state index in [4.69, 9.17) is 9.47 Å². The van der Waals surface area contributed by atoms with E-state index in [1.165, 1.54) is 0 Å². The molecule has 3 heteroatoms. The first kappa shape index (κ1) is 7.43. The molecule has 0 bridgehead atoms. The molecule has 0 atom stereocenters. The highest BCUT2D eigenvalue weighted by atomic mass is 16.7. The summed E-state index contributed by atoms with van der Waals surface area (Å²) in [6, 6.07) is 5.99. The molecule has 1 heterocycles. The number of hydrogen-bond acceptors (Lipinski definition) is 3. The fourth-order valence-electron chi connectivity index (χ4n) is 1.25. The normalized spacial score (nSPS) is 14.8. The van der Waals surface area contributed by atoms with Crippen LogP contribution in [-0.2, 0) is 11.3 Å². The lowest BCUT2D eigenvalue weighted by molar-refractivity contribution is -0.0163. The molecule has 2 rings (SSSR count). The second kappa shape index (κ2) is 3.03. The molecule has 1 aliphatic heterocycles. The summed E-state index contributed by atoms with van der Waals surface area (Å²) in [6.07, 6.45) is 0. The minimum absolute atomic E-state index is 0.367. The van der Waals surface area contributed by atoms with Gasteiger partial charge in [0.15, 0.2) is 6.79 Å². The predicted octanol–water partition coefficient (Wildman–Crippen LogP) is 1.59. The zero-order chi connectivity index (χ0) is 8.39. The molecule has 1 aromatic carbocycles. The van der Waals surface area contributed by atoms with Gasteiger partial charge < -0.3 is 14.8 Å². The average molecular weight is 165 g/mol. The summed E-state index contributed by atoms with van der Waals surface area (Å²) < 4.78 is 10.4. The van der Waals surface area contributed by atoms with E-state index in [1.807, 2.05) is 25.2 Å². The molecular formula is C9H11NO2. The Kier molecular flexibility index (Phi) is 1.87. The van der Waals surface area contributed by atoms with E-state index in [-0.39, 0.29) is 0 Å². The number of nitrogens with one attached hydrogen (secondary N) is 1. The molecule has 64 valence electrons. The molecule has 12 heavy (non-hydrogen) atoms. The Hall–Kier alpha value is -1.22. The highest BCUT2D eigenvalue weighted by Crippen LogP contribution is 2.26. The van der Waals surface area contributed by atoms with Crippen molar-refractivity contribution >= 4 is 5.69 Å². The van der Waals surface area contributed by atoms with Crippen LogP contribution in [0.2, 0.25) is 0 Å². The summed E-state index contributed by atoms with van der Waals surface area (Å²) >= 11 is 0. The van der Waals surface area contributed by atoms with Crippen LogP contribution < -0.4 is 10.1 Å². The molecule has 0 saturated carbocycles. The van der Waals surface area contributed by atoms with Gasteiger partial charge in [-0.3, -0.25) is 0 Å². The van der Waals surface area contributed by atoms with E-state index in [0.717, 1.165) is 17.0 Å². The predicted molar refractivity (Wildman–Crippen MR) is 46.3 cm³/mol. The van der Waals surface area contributed by atoms with Gasteiger partial charge in [0.2, 0.25) is 0 Å². The van der Waals surface area contributed by atoms with Gasteiger partial charge in [-0.05, 0) is 18.2 Å². The van der Waals surface area contributed by atoms with E-state index in [9.17, 15) is 0 Å². The molecular weight excluding hydrogens is 154 g/mol. The van der Waals surface area contributed by atoms with Gasteiger partial charge in [0, 0.05) is 18.3 Å². The fraction of sp³-hybridized carbons (Fsp3) is 0.333. The summed E-state index contributed by atoms with van der Waals surface area (Å²) in [7, 11) is 1.90. The van der Waals surface area contributed by atoms with Crippen molar-refractivity contribution in [1.29, 1.82) is 0 Å². The van der Waals surface area contributed by atoms with Gasteiger partial charge in [-0.15, -0.1) is 0 Å². The first-order valence-corrected chi connectivity index (χ1v) is 3.91. The Labute approximate surface area is 71.3 Å². The van der Waals surface area contributed by atoms with Crippen molar-refractivity contribution in [1.82, 2.24) is 0 Å². The lowest BCUT2D eigenvalue weighted by atomic mass is 10.2. The molecule has 0 saturated heterocycles. The zero-order valence-corrected chi connectivity index (χ0v) is 6.96. The molecule has 0 unspecified atom stereocenters. The van der Waals surface area contributed by atoms with E-state index >= 15 is 0 Å². The van der Waals surface area contributed by atoms with Crippen LogP contribution in [0.5, 0.6) is 5.75 Å². The molecule has 0 aliphatic carbocycles. The Morgan fingerprint density at radius 1 is 1.42 bits per heavy atom. The molecule has 1 aliphatic rings. The number of hydrogen-bond donors (Lipinski definition) is 1. The maximum Gasteiger partial charge on any atom is 0.189 e. The largest absolute Gasteiger partial charge is 0.467 e. The Morgan fingerprint density at radius 2 is 2.33 bits per heavy atom. The molecule has 0 radical (unpaired) electrons. The van der Waals surface area contributed by atoms with Crippen LogP contribution in [0.3, 0.4) is 0 Å². The summed E-state index contributed by atoms with van der Waals surface area (Å²) in [4.78, 5) is 0. The summed E-state index contributed by atoms with van der Waals surface area (Å²) in [5, 5.41) is 3.07. The second-order valence-corrected chi connectivity index (χ2v) is 2.68. The third-order valence-corrected chi connectivity index (χ3v) is 1.90. The number of fused-ring (bicyclic) bond motifs is 1. The van der Waals surface area contributed by atoms with E-state index < -0.39 is 0 Å². The topological polar surface area (TPSA) is 30.5 Å². The Morgan fingerprint density at radius 3 is 3.17 bits per heavy atom. The van der Waals surface area contributed by atoms with E-state index in [2.05, 4.69) is 5.32 Å². The minimum Gasteiger partial charge on any atom is -0.467 e. The first-order valence-electron chi connectivity index (χ1n) is 3.91. The lowest BCUT2D eigenvalue weighted by Gasteiger charge is -2.17. The van der Waals surface area contributed by atoms with Gasteiger partial charge >= 0.3 is 0 Å². The van der Waals surface area contributed by atoms with Crippen molar-refractivity contribution in [2.75, 3.05) is 19.2 Å². The number of rotatable bonds is 1. The molecule has 0 spiro atoms. The molecule has 0 aromatic heterocycles. The molecule has 3 nitrogen and oxygen atoms in total. The van der Waals surface area contributed by atoms with Crippen molar-refractivity contribution in [2.24, 2.45) is 0 Å². The number of benzene rings is 1. The van der Waals surface area contributed by atoms with Crippen LogP contribution in [0.15, 0.2) is 18.2 Å². The molecule has 0 amide bonds. The van der Waals surface area contributed by atoms with E-state index in [1.54, 1.807) is 0 Å². The quantitative estimate of drug-likeness (QED) is 0.685. The van der Waals surface area contributed by atoms with Gasteiger partial charge in [0.25, 0.3) is 0 Å². The highest BCUT2D eigenvalue weighted by Gasteiger charge is 2.09. The van der Waals surface area contributed by atoms with Crippen LogP contribution in [0, 0.1) is 0 Å². The van der Waals surface area contributed by atoms with Crippen LogP contribution in [0.4, 0.5) is 5.69 Å². The van der Waals surface area contributed by atoms with Crippen LogP contribution >= 0.6 is 0 Å². The van der Waals surface area contributed by atoms with Crippen LogP contribution in [0.25, 0.3) is 0 Å². The molecule has 1 N–H and O–H groups in total. The van der Waals surface area contributed by atoms with Crippen molar-refractivity contribution < 1.29 is 9.47 Å². The lowest BCUT2D eigenvalue weighted by Crippen LogP contribution is -2.11. The number of anilines is 1. The monoisotopic (exact) mass is 165 g/mol. The Balaban J connectivity index is 2.36. The van der Waals surface area contributed by atoms with Gasteiger partial charge in [-0.25, -0.2) is 0 Å². The van der Waals surface area contributed by atoms with Gasteiger partial charge in [-0.1, -0.05) is 0 Å². The number of ether oxygens (including phenoxy) is 2. The van der Waals surface area contributed by atoms with Crippen LogP contribution in [-0.4, -0.2) is 13.8 Å². The maximum atomic E-state index is 5.27. The summed E-state index contributed by atoms with van der Waals surface area (Å²) in [6.45, 7) is 1.01. The third-order valence-electron chi connectivity index (χ3n) is 1.90. The molecule has 0 fully saturated rings. The minimum atomic E-state index is 0.367. The Bertz CT molecular complexity index is 286. The van der Waals surface area contributed by atoms with Crippen LogP contribution in [0.1, 0.15) is 5.56 Å². The smallest absolute Gasteiger partial charge is 0.189 e. The highest BCUT2D eigenvalue weighted by molar-refractivity contribution is 5.50.